The Morgan fingerprint density at radius 1 is 0.434 bits per heavy atom. The second-order valence-corrected chi connectivity index (χ2v) is 44.8. The highest BCUT2D eigenvalue weighted by molar-refractivity contribution is 7.92. The van der Waals surface area contributed by atoms with E-state index < -0.39 is 193 Å². The minimum Gasteiger partial charge on any atom is -0.390 e. The summed E-state index contributed by atoms with van der Waals surface area (Å²) < 4.78 is 166. The van der Waals surface area contributed by atoms with Crippen LogP contribution in [0.3, 0.4) is 0 Å². The Labute approximate surface area is 842 Å². The number of H-pyrrole nitrogens is 1. The summed E-state index contributed by atoms with van der Waals surface area (Å²) in [4.78, 5) is 105. The van der Waals surface area contributed by atoms with E-state index in [0.29, 0.717) is 109 Å². The lowest BCUT2D eigenvalue weighted by Gasteiger charge is -2.34. The third-order valence-corrected chi connectivity index (χ3v) is 32.7. The number of hydrogen-bond acceptors (Lipinski definition) is 22. The first-order chi connectivity index (χ1) is 67.8. The van der Waals surface area contributed by atoms with E-state index in [9.17, 15) is 100 Å². The minimum atomic E-state index is -3.87. The molecule has 0 aliphatic carbocycles. The van der Waals surface area contributed by atoms with Crippen LogP contribution in [0.5, 0.6) is 0 Å². The van der Waals surface area contributed by atoms with Crippen molar-refractivity contribution in [2.45, 2.75) is 295 Å². The predicted octanol–water partition coefficient (Wildman–Crippen LogP) is 12.3. The Balaban J connectivity index is 0.000000291. The zero-order valence-corrected chi connectivity index (χ0v) is 87.0. The van der Waals surface area contributed by atoms with Gasteiger partial charge in [0.15, 0.2) is 29.5 Å². The maximum atomic E-state index is 14.5. The van der Waals surface area contributed by atoms with Crippen LogP contribution in [0, 0.1) is 47.7 Å². The lowest BCUT2D eigenvalue weighted by molar-refractivity contribution is -0.139. The fourth-order valence-electron chi connectivity index (χ4n) is 17.5. The first kappa shape index (κ1) is 120. The van der Waals surface area contributed by atoms with Gasteiger partial charge in [-0.25, -0.2) is 56.6 Å². The highest BCUT2D eigenvalue weighted by atomic mass is 32.2. The Morgan fingerprint density at radius 2 is 0.727 bits per heavy atom. The molecule has 0 spiro atoms. The minimum absolute atomic E-state index is 0.0112. The number of aliphatic hydroxyl groups excluding tert-OH is 3. The highest BCUT2D eigenvalue weighted by Crippen LogP contribution is 2.28. The molecule has 1 aliphatic heterocycles. The molecule has 2 aromatic heterocycles. The lowest BCUT2D eigenvalue weighted by atomic mass is 9.95. The maximum absolute atomic E-state index is 14.5. The summed E-state index contributed by atoms with van der Waals surface area (Å²) in [6.45, 7) is 20.2. The normalized spacial score (nSPS) is 14.5. The van der Waals surface area contributed by atoms with Gasteiger partial charge in [-0.15, -0.1) is 11.3 Å². The summed E-state index contributed by atoms with van der Waals surface area (Å²) >= 11 is 1.18. The molecule has 7 amide bonds. The number of amides is 7. The first-order valence-corrected chi connectivity index (χ1v) is 55.4. The molecule has 13 N–H and O–H groups in total. The number of sulfone groups is 3. The van der Waals surface area contributed by atoms with Crippen LogP contribution in [-0.4, -0.2) is 237 Å². The number of halogens is 6. The molecule has 3 heterocycles. The van der Waals surface area contributed by atoms with Gasteiger partial charge in [0.25, 0.3) is 11.8 Å². The summed E-state index contributed by atoms with van der Waals surface area (Å²) in [5.74, 6) is -11.3. The van der Waals surface area contributed by atoms with E-state index >= 15 is 0 Å². The number of aromatic nitrogens is 3. The Bertz CT molecular complexity index is 5710. The van der Waals surface area contributed by atoms with Gasteiger partial charge in [-0.2, -0.15) is 5.10 Å². The molecule has 143 heavy (non-hydrogen) atoms. The molecule has 1 unspecified atom stereocenters. The molecule has 6 aromatic carbocycles. The summed E-state index contributed by atoms with van der Waals surface area (Å²) in [6, 6.07) is 25.3. The zero-order valence-electron chi connectivity index (χ0n) is 83.7. The fourth-order valence-corrected chi connectivity index (χ4v) is 24.5. The predicted molar refractivity (Wildman–Crippen MR) is 543 cm³/mol. The number of likely N-dealkylation sites (tertiary alicyclic amines) is 1. The molecule has 1 saturated heterocycles. The molecule has 1 fully saturated rings. The van der Waals surface area contributed by atoms with E-state index in [2.05, 4.69) is 31.1 Å². The number of nitrogens with one attached hydrogen (secondary N) is 4. The van der Waals surface area contributed by atoms with Crippen molar-refractivity contribution < 1.29 is 100 Å². The molecule has 9 rings (SSSR count). The monoisotopic (exact) mass is 2070 g/mol. The number of aromatic amines is 1. The molecule has 0 radical (unpaired) electrons. The Morgan fingerprint density at radius 3 is 0.993 bits per heavy atom. The molecule has 788 valence electrons. The van der Waals surface area contributed by atoms with Gasteiger partial charge in [-0.05, 0) is 189 Å². The second kappa shape index (κ2) is 58.7. The van der Waals surface area contributed by atoms with E-state index in [0.717, 1.165) is 107 Å². The number of nitrogens with two attached hydrogens (primary N) is 3. The van der Waals surface area contributed by atoms with Gasteiger partial charge in [0.2, 0.25) is 29.5 Å². The molecule has 8 aromatic rings. The maximum Gasteiger partial charge on any atom is 0.272 e. The average Bonchev–Trinajstić information content (AvgIpc) is 1.79. The van der Waals surface area contributed by atoms with Gasteiger partial charge in [-0.3, -0.25) is 38.7 Å². The number of carbonyl (C=O) groups excluding carboxylic acids is 7. The van der Waals surface area contributed by atoms with Crippen LogP contribution >= 0.6 is 11.3 Å². The van der Waals surface area contributed by atoms with E-state index in [1.165, 1.54) is 49.9 Å². The Kier molecular flexibility index (Phi) is 49.1. The molecular formula is C104H145F6N13O16S4. The number of rotatable bonds is 54. The quantitative estimate of drug-likeness (QED) is 0.0158. The fraction of sp³-hybridized carbons (Fsp3) is 0.529. The summed E-state index contributed by atoms with van der Waals surface area (Å²) in [5, 5.41) is 47.6. The van der Waals surface area contributed by atoms with Crippen molar-refractivity contribution in [1.82, 2.24) is 50.7 Å². The summed E-state index contributed by atoms with van der Waals surface area (Å²) in [7, 11) is -11.6. The number of benzene rings is 6. The van der Waals surface area contributed by atoms with E-state index in [1.807, 2.05) is 123 Å². The van der Waals surface area contributed by atoms with Crippen molar-refractivity contribution >= 4 is 82.2 Å². The van der Waals surface area contributed by atoms with Crippen LogP contribution < -0.4 is 33.2 Å². The van der Waals surface area contributed by atoms with Crippen LogP contribution in [0.25, 0.3) is 0 Å². The third kappa shape index (κ3) is 38.8. The molecule has 39 heteroatoms. The van der Waals surface area contributed by atoms with Crippen molar-refractivity contribution in [2.75, 3.05) is 50.0 Å². The number of piperidine rings is 1. The van der Waals surface area contributed by atoms with E-state index in [1.54, 1.807) is 24.0 Å². The standard InChI is InChI=1S/C37H54F2N4O6S.C34H47F2N5O5S.C33H44F2N4O5S2/c1-5-9-32(10-6-2)50(48,49)24-34(41-36(46)29-13-15-42(16-14-29)25(4)44)37(47)43(22-27-12-8-11-26(7-3)17-27)23-35(45)33(40)20-28-18-30(38)21-31(39)19-28;1-5-9-28(10-6-2)47(45,46)21-31(38-33(43)30-13-22(4)39-40-30)34(44)41(19-24-12-8-11-23(7-3)14-24)20-32(42)29(37)17-25-15-26(35)18-27(36)16-25;1-4-8-27(9-5-2)46(43,44)20-30(38-32(41)29-19-45-21-37-29)33(42)39(17-23-11-7-10-22(6-3)12-23)18-31(40)28(36)15-24-13-25(34)16-26(35)14-24/h8,11-12,17-19,21,29,32-35,45H,5-7,9-10,13-16,20,22-24,40H2,1-4H3,(H,41,46);8,11-16,18,28-29,31-32,42H,5-7,9-10,17,19-21,37H2,1-4H3,(H,38,43)(H,39,40);7,10-14,16,19,21,27-28,30-31,40H,4-6,8-9,15,17-18,20,36H2,1-3H3,(H,38,41)/t33-,34+,35+;29-,31+,32?;28-,30+,31+/m000/s1. The van der Waals surface area contributed by atoms with Gasteiger partial charge in [0, 0.05) is 113 Å². The Hall–Kier alpha value is -10.4. The second-order valence-electron chi connectivity index (χ2n) is 37.1. The molecule has 1 aliphatic rings. The van der Waals surface area contributed by atoms with Crippen molar-refractivity contribution in [3.8, 4) is 0 Å². The molecule has 0 saturated carbocycles. The van der Waals surface area contributed by atoms with Crippen LogP contribution in [0.4, 0.5) is 26.3 Å². The van der Waals surface area contributed by atoms with E-state index in [-0.39, 0.29) is 92.5 Å². The van der Waals surface area contributed by atoms with Crippen molar-refractivity contribution in [3.63, 3.8) is 0 Å². The van der Waals surface area contributed by atoms with Gasteiger partial charge < -0.3 is 68.1 Å². The largest absolute Gasteiger partial charge is 0.390 e. The van der Waals surface area contributed by atoms with Crippen molar-refractivity contribution in [3.05, 3.63) is 246 Å². The highest BCUT2D eigenvalue weighted by Gasteiger charge is 2.42. The van der Waals surface area contributed by atoms with Gasteiger partial charge in [0.05, 0.1) is 56.8 Å². The zero-order chi connectivity index (χ0) is 106. The SMILES string of the molecule is CCCC(CCC)S(=O)(=O)C[C@@H](NC(=O)C1CCN(C(C)=O)CC1)C(=O)N(Cc1cccc(CC)c1)C[C@@H](O)[C@@H](N)Cc1cc(F)cc(F)c1.CCCC(CCC)S(=O)(=O)C[C@@H](NC(=O)c1cc(C)[nH]n1)C(=O)N(Cc1cccc(CC)c1)CC(O)[C@@H](N)Cc1cc(F)cc(F)c1.CCCC(CCC)S(=O)(=O)C[C@@H](NC(=O)c1cscn1)C(=O)N(Cc1cccc(CC)c1)C[C@@H](O)[C@@H](N)Cc1cc(F)cc(F)c1. The first-order valence-electron chi connectivity index (χ1n) is 49.3. The topological polar surface area (TPSA) is 451 Å². The molecular weight excluding hydrogens is 1930 g/mol. The van der Waals surface area contributed by atoms with Crippen LogP contribution in [-0.2, 0) is 112 Å². The average molecular weight is 2080 g/mol. The summed E-state index contributed by atoms with van der Waals surface area (Å²) in [5.41, 5.74) is 26.8. The number of carbonyl (C=O) groups is 7. The van der Waals surface area contributed by atoms with Gasteiger partial charge in [0.1, 0.15) is 64.4 Å². The van der Waals surface area contributed by atoms with Gasteiger partial charge >= 0.3 is 0 Å². The van der Waals surface area contributed by atoms with Crippen molar-refractivity contribution in [2.24, 2.45) is 23.1 Å². The number of hydrogen-bond donors (Lipinski definition) is 10. The summed E-state index contributed by atoms with van der Waals surface area (Å²) in [6.07, 6.45) is 4.83. The number of aryl methyl sites for hydroxylation is 4. The van der Waals surface area contributed by atoms with Crippen molar-refractivity contribution in [1.29, 1.82) is 0 Å². The third-order valence-electron chi connectivity index (χ3n) is 25.3. The number of nitrogens with zero attached hydrogens (tertiary/aromatic N) is 6. The van der Waals surface area contributed by atoms with Crippen LogP contribution in [0.15, 0.2) is 144 Å². The van der Waals surface area contributed by atoms with E-state index in [4.69, 9.17) is 17.2 Å². The van der Waals surface area contributed by atoms with Crippen LogP contribution in [0.2, 0.25) is 0 Å². The molecule has 29 nitrogen and oxygen atoms in total. The molecule has 9 atom stereocenters. The van der Waals surface area contributed by atoms with Crippen LogP contribution in [0.1, 0.15) is 236 Å². The number of thiazole rings is 1. The lowest BCUT2D eigenvalue weighted by Crippen LogP contribution is -2.56. The van der Waals surface area contributed by atoms with Gasteiger partial charge in [-0.1, -0.05) is 174 Å². The molecule has 0 bridgehead atoms. The smallest absolute Gasteiger partial charge is 0.272 e. The number of aliphatic hydroxyl groups is 3.